The van der Waals surface area contributed by atoms with Gasteiger partial charge in [-0.25, -0.2) is 4.98 Å². The van der Waals surface area contributed by atoms with E-state index in [1.54, 1.807) is 6.07 Å². The Bertz CT molecular complexity index is 974. The van der Waals surface area contributed by atoms with E-state index in [9.17, 15) is 19.7 Å². The van der Waals surface area contributed by atoms with Crippen LogP contribution in [0.25, 0.3) is 10.9 Å². The zero-order valence-corrected chi connectivity index (χ0v) is 16.2. The number of piperidine rings is 1. The summed E-state index contributed by atoms with van der Waals surface area (Å²) >= 11 is 0. The molecule has 1 saturated carbocycles. The molecule has 2 heterocycles. The Kier molecular flexibility index (Phi) is 5.46. The number of aromatic nitrogens is 2. The molecule has 1 aromatic carbocycles. The second-order valence-corrected chi connectivity index (χ2v) is 7.95. The summed E-state index contributed by atoms with van der Waals surface area (Å²) in [6, 6.07) is 3.01. The van der Waals surface area contributed by atoms with Crippen LogP contribution in [-0.4, -0.2) is 39.9 Å². The molecule has 0 atom stereocenters. The third-order valence-corrected chi connectivity index (χ3v) is 6.09. The fraction of sp³-hybridized carbons (Fsp3) is 0.550. The molecule has 9 nitrogen and oxygen atoms in total. The van der Waals surface area contributed by atoms with E-state index in [-0.39, 0.29) is 28.9 Å². The fourth-order valence-electron chi connectivity index (χ4n) is 4.44. The first-order chi connectivity index (χ1) is 14.0. The number of anilines is 1. The summed E-state index contributed by atoms with van der Waals surface area (Å²) in [5, 5.41) is 15.0. The first kappa shape index (κ1) is 19.4. The molecule has 2 fully saturated rings. The molecule has 1 saturated heterocycles. The number of nitro benzene ring substituents is 1. The Hall–Kier alpha value is -2.97. The molecule has 0 bridgehead atoms. The molecule has 4 rings (SSSR count). The van der Waals surface area contributed by atoms with Gasteiger partial charge >= 0.3 is 0 Å². The normalized spacial score (nSPS) is 18.7. The molecule has 1 aliphatic carbocycles. The monoisotopic (exact) mass is 399 g/mol. The van der Waals surface area contributed by atoms with Crippen molar-refractivity contribution >= 4 is 28.2 Å². The van der Waals surface area contributed by atoms with E-state index >= 15 is 0 Å². The quantitative estimate of drug-likeness (QED) is 0.602. The number of rotatable bonds is 4. The first-order valence-electron chi connectivity index (χ1n) is 10.2. The molecular formula is C20H25N5O4. The van der Waals surface area contributed by atoms with Crippen LogP contribution in [0.4, 0.5) is 11.4 Å². The molecule has 0 unspecified atom stereocenters. The zero-order valence-electron chi connectivity index (χ0n) is 16.2. The lowest BCUT2D eigenvalue weighted by molar-refractivity contribution is -0.384. The number of carbonyl (C=O) groups excluding carboxylic acids is 1. The minimum absolute atomic E-state index is 0.0966. The maximum absolute atomic E-state index is 12.5. The van der Waals surface area contributed by atoms with Crippen LogP contribution in [0.2, 0.25) is 0 Å². The summed E-state index contributed by atoms with van der Waals surface area (Å²) in [4.78, 5) is 44.1. The Labute approximate surface area is 167 Å². The van der Waals surface area contributed by atoms with Gasteiger partial charge < -0.3 is 15.2 Å². The summed E-state index contributed by atoms with van der Waals surface area (Å²) in [5.41, 5.74) is 0.411. The number of amides is 1. The highest BCUT2D eigenvalue weighted by atomic mass is 16.6. The SMILES string of the molecule is O=C(NC1CCN(c2cc3nc[nH]c(=O)c3cc2[N+](=O)[O-])CC1)C1CCCCC1. The van der Waals surface area contributed by atoms with E-state index in [4.69, 9.17) is 0 Å². The molecule has 2 aromatic rings. The third kappa shape index (κ3) is 4.08. The molecule has 29 heavy (non-hydrogen) atoms. The average molecular weight is 399 g/mol. The van der Waals surface area contributed by atoms with Gasteiger partial charge in [-0.15, -0.1) is 0 Å². The Morgan fingerprint density at radius 2 is 1.90 bits per heavy atom. The highest BCUT2D eigenvalue weighted by Gasteiger charge is 2.28. The van der Waals surface area contributed by atoms with Crippen LogP contribution < -0.4 is 15.8 Å². The van der Waals surface area contributed by atoms with Crippen LogP contribution in [-0.2, 0) is 4.79 Å². The summed E-state index contributed by atoms with van der Waals surface area (Å²) in [5.74, 6) is 0.288. The molecule has 2 N–H and O–H groups in total. The number of nitro groups is 1. The highest BCUT2D eigenvalue weighted by Crippen LogP contribution is 2.33. The largest absolute Gasteiger partial charge is 0.366 e. The molecule has 1 aliphatic heterocycles. The predicted octanol–water partition coefficient (Wildman–Crippen LogP) is 2.50. The molecule has 0 spiro atoms. The van der Waals surface area contributed by atoms with Gasteiger partial charge in [-0.3, -0.25) is 19.7 Å². The lowest BCUT2D eigenvalue weighted by atomic mass is 9.88. The van der Waals surface area contributed by atoms with Crippen molar-refractivity contribution in [2.45, 2.75) is 51.0 Å². The van der Waals surface area contributed by atoms with E-state index in [1.165, 1.54) is 18.8 Å². The molecule has 2 aliphatic rings. The van der Waals surface area contributed by atoms with Gasteiger partial charge in [0, 0.05) is 31.1 Å². The second kappa shape index (κ2) is 8.18. The number of carbonyl (C=O) groups is 1. The number of benzene rings is 1. The number of hydrogen-bond acceptors (Lipinski definition) is 6. The van der Waals surface area contributed by atoms with Gasteiger partial charge in [0.1, 0.15) is 5.69 Å². The maximum atomic E-state index is 12.5. The Morgan fingerprint density at radius 1 is 1.17 bits per heavy atom. The maximum Gasteiger partial charge on any atom is 0.293 e. The van der Waals surface area contributed by atoms with E-state index in [0.717, 1.165) is 38.5 Å². The number of nitrogens with one attached hydrogen (secondary N) is 2. The van der Waals surface area contributed by atoms with Crippen molar-refractivity contribution in [3.05, 3.63) is 38.9 Å². The third-order valence-electron chi connectivity index (χ3n) is 6.09. The van der Waals surface area contributed by atoms with Crippen molar-refractivity contribution in [1.82, 2.24) is 15.3 Å². The van der Waals surface area contributed by atoms with Gasteiger partial charge in [0.2, 0.25) is 5.91 Å². The molecular weight excluding hydrogens is 374 g/mol. The molecule has 1 amide bonds. The van der Waals surface area contributed by atoms with E-state index in [0.29, 0.717) is 24.3 Å². The summed E-state index contributed by atoms with van der Waals surface area (Å²) in [7, 11) is 0. The summed E-state index contributed by atoms with van der Waals surface area (Å²) in [6.45, 7) is 1.20. The Morgan fingerprint density at radius 3 is 2.59 bits per heavy atom. The van der Waals surface area contributed by atoms with E-state index in [2.05, 4.69) is 15.3 Å². The van der Waals surface area contributed by atoms with Crippen LogP contribution in [0.1, 0.15) is 44.9 Å². The van der Waals surface area contributed by atoms with Crippen LogP contribution in [0.3, 0.4) is 0 Å². The number of fused-ring (bicyclic) bond motifs is 1. The van der Waals surface area contributed by atoms with Crippen LogP contribution in [0.5, 0.6) is 0 Å². The highest BCUT2D eigenvalue weighted by molar-refractivity contribution is 5.87. The zero-order chi connectivity index (χ0) is 20.4. The van der Waals surface area contributed by atoms with Gasteiger partial charge in [0.15, 0.2) is 0 Å². The van der Waals surface area contributed by atoms with Gasteiger partial charge in [-0.1, -0.05) is 19.3 Å². The van der Waals surface area contributed by atoms with Gasteiger partial charge in [0.25, 0.3) is 11.2 Å². The lowest BCUT2D eigenvalue weighted by Crippen LogP contribution is -2.46. The smallest absolute Gasteiger partial charge is 0.293 e. The van der Waals surface area contributed by atoms with Crippen molar-refractivity contribution < 1.29 is 9.72 Å². The molecule has 0 radical (unpaired) electrons. The van der Waals surface area contributed by atoms with Gasteiger partial charge in [-0.05, 0) is 31.7 Å². The van der Waals surface area contributed by atoms with Gasteiger partial charge in [-0.2, -0.15) is 0 Å². The Balaban J connectivity index is 1.47. The molecule has 154 valence electrons. The van der Waals surface area contributed by atoms with Crippen LogP contribution >= 0.6 is 0 Å². The minimum Gasteiger partial charge on any atom is -0.366 e. The van der Waals surface area contributed by atoms with Crippen molar-refractivity contribution in [2.75, 3.05) is 18.0 Å². The molecule has 1 aromatic heterocycles. The van der Waals surface area contributed by atoms with Crippen LogP contribution in [0.15, 0.2) is 23.3 Å². The number of H-pyrrole nitrogens is 1. The minimum atomic E-state index is -0.460. The second-order valence-electron chi connectivity index (χ2n) is 7.95. The number of hydrogen-bond donors (Lipinski definition) is 2. The van der Waals surface area contributed by atoms with Gasteiger partial charge in [0.05, 0.1) is 22.2 Å². The van der Waals surface area contributed by atoms with Crippen molar-refractivity contribution in [3.8, 4) is 0 Å². The van der Waals surface area contributed by atoms with E-state index in [1.807, 2.05) is 4.90 Å². The number of nitrogens with zero attached hydrogens (tertiary/aromatic N) is 3. The van der Waals surface area contributed by atoms with Crippen molar-refractivity contribution in [2.24, 2.45) is 5.92 Å². The molecule has 9 heteroatoms. The average Bonchev–Trinajstić information content (AvgIpc) is 2.74. The lowest BCUT2D eigenvalue weighted by Gasteiger charge is -2.34. The van der Waals surface area contributed by atoms with Crippen molar-refractivity contribution in [1.29, 1.82) is 0 Å². The van der Waals surface area contributed by atoms with Crippen molar-refractivity contribution in [3.63, 3.8) is 0 Å². The predicted molar refractivity (Wildman–Crippen MR) is 109 cm³/mol. The summed E-state index contributed by atoms with van der Waals surface area (Å²) < 4.78 is 0. The van der Waals surface area contributed by atoms with Crippen LogP contribution in [0, 0.1) is 16.0 Å². The fourth-order valence-corrected chi connectivity index (χ4v) is 4.44. The topological polar surface area (TPSA) is 121 Å². The summed E-state index contributed by atoms with van der Waals surface area (Å²) in [6.07, 6.45) is 8.17. The number of aromatic amines is 1. The standard InChI is InChI=1S/C20H25N5O4/c26-19(13-4-2-1-3-5-13)23-14-6-8-24(9-7-14)17-11-16-15(10-18(17)25(28)29)20(27)22-12-21-16/h10-14H,1-9H2,(H,23,26)(H,21,22,27). The van der Waals surface area contributed by atoms with E-state index < -0.39 is 10.5 Å². The first-order valence-corrected chi connectivity index (χ1v) is 10.2.